The van der Waals surface area contributed by atoms with Gasteiger partial charge < -0.3 is 9.84 Å². The van der Waals surface area contributed by atoms with Gasteiger partial charge in [0.05, 0.1) is 12.3 Å². The fourth-order valence-corrected chi connectivity index (χ4v) is 2.42. The molecule has 0 aliphatic heterocycles. The Morgan fingerprint density at radius 2 is 1.89 bits per heavy atom. The van der Waals surface area contributed by atoms with Gasteiger partial charge in [0.1, 0.15) is 11.6 Å². The first-order valence-electron chi connectivity index (χ1n) is 5.65. The lowest BCUT2D eigenvalue weighted by atomic mass is 10.2. The number of halogens is 2. The first kappa shape index (κ1) is 13.9. The molecule has 0 amide bonds. The van der Waals surface area contributed by atoms with Gasteiger partial charge in [-0.05, 0) is 31.5 Å². The Morgan fingerprint density at radius 1 is 1.26 bits per heavy atom. The first-order chi connectivity index (χ1) is 9.01. The molecule has 102 valence electrons. The Kier molecular flexibility index (Phi) is 4.11. The highest BCUT2D eigenvalue weighted by molar-refractivity contribution is 7.11. The zero-order valence-electron chi connectivity index (χ0n) is 10.5. The molecular formula is C13H13F2NO2S. The van der Waals surface area contributed by atoms with Crippen molar-refractivity contribution in [3.05, 3.63) is 44.9 Å². The van der Waals surface area contributed by atoms with Gasteiger partial charge in [-0.3, -0.25) is 0 Å². The van der Waals surface area contributed by atoms with Crippen LogP contribution in [0.15, 0.2) is 12.1 Å². The molecule has 0 saturated heterocycles. The van der Waals surface area contributed by atoms with Gasteiger partial charge in [0.25, 0.3) is 0 Å². The summed E-state index contributed by atoms with van der Waals surface area (Å²) >= 11 is 1.43. The van der Waals surface area contributed by atoms with Crippen LogP contribution in [0.3, 0.4) is 0 Å². The zero-order chi connectivity index (χ0) is 14.0. The minimum atomic E-state index is -0.825. The zero-order valence-corrected chi connectivity index (χ0v) is 11.4. The molecule has 1 aromatic carbocycles. The molecule has 0 saturated carbocycles. The second kappa shape index (κ2) is 5.63. The van der Waals surface area contributed by atoms with Crippen LogP contribution in [-0.2, 0) is 13.2 Å². The number of aliphatic hydroxyl groups excluding tert-OH is 1. The fourth-order valence-electron chi connectivity index (χ4n) is 1.58. The number of aliphatic hydroxyl groups is 1. The largest absolute Gasteiger partial charge is 0.480 e. The highest BCUT2D eigenvalue weighted by Gasteiger charge is 2.14. The molecule has 1 heterocycles. The van der Waals surface area contributed by atoms with Gasteiger partial charge >= 0.3 is 0 Å². The van der Waals surface area contributed by atoms with Crippen molar-refractivity contribution in [1.82, 2.24) is 4.98 Å². The number of hydrogen-bond acceptors (Lipinski definition) is 4. The van der Waals surface area contributed by atoms with E-state index in [1.165, 1.54) is 11.3 Å². The van der Waals surface area contributed by atoms with E-state index in [2.05, 4.69) is 4.98 Å². The first-order valence-corrected chi connectivity index (χ1v) is 6.47. The number of nitrogens with zero attached hydrogens (tertiary/aromatic N) is 1. The van der Waals surface area contributed by atoms with Crippen molar-refractivity contribution in [2.75, 3.05) is 0 Å². The molecule has 2 rings (SSSR count). The number of rotatable bonds is 4. The Labute approximate surface area is 113 Å². The summed E-state index contributed by atoms with van der Waals surface area (Å²) in [6, 6.07) is 2.10. The van der Waals surface area contributed by atoms with Crippen LogP contribution < -0.4 is 4.74 Å². The number of hydrogen-bond donors (Lipinski definition) is 1. The van der Waals surface area contributed by atoms with Crippen molar-refractivity contribution in [3.63, 3.8) is 0 Å². The molecule has 3 nitrogen and oxygen atoms in total. The van der Waals surface area contributed by atoms with Crippen molar-refractivity contribution in [1.29, 1.82) is 0 Å². The number of benzene rings is 1. The number of thiazole rings is 1. The van der Waals surface area contributed by atoms with Gasteiger partial charge in [-0.2, -0.15) is 0 Å². The smallest absolute Gasteiger partial charge is 0.191 e. The van der Waals surface area contributed by atoms with E-state index in [-0.39, 0.29) is 12.2 Å². The maximum Gasteiger partial charge on any atom is 0.191 e. The van der Waals surface area contributed by atoms with Crippen molar-refractivity contribution in [2.24, 2.45) is 0 Å². The maximum absolute atomic E-state index is 13.6. The maximum atomic E-state index is 13.6. The molecule has 0 aliphatic carbocycles. The normalized spacial score (nSPS) is 10.8. The Balaban J connectivity index is 2.15. The summed E-state index contributed by atoms with van der Waals surface area (Å²) < 4.78 is 32.3. The van der Waals surface area contributed by atoms with Gasteiger partial charge in [-0.15, -0.1) is 11.3 Å². The highest BCUT2D eigenvalue weighted by Crippen LogP contribution is 2.25. The predicted molar refractivity (Wildman–Crippen MR) is 68.2 cm³/mol. The van der Waals surface area contributed by atoms with E-state index in [4.69, 9.17) is 9.84 Å². The average Bonchev–Trinajstić information content (AvgIpc) is 2.67. The van der Waals surface area contributed by atoms with Gasteiger partial charge in [0.2, 0.25) is 0 Å². The molecular weight excluding hydrogens is 272 g/mol. The van der Waals surface area contributed by atoms with Crippen LogP contribution in [0.2, 0.25) is 0 Å². The SMILES string of the molecule is Cc1nc(COc2c(F)cc(CO)cc2F)sc1C. The third-order valence-electron chi connectivity index (χ3n) is 2.65. The summed E-state index contributed by atoms with van der Waals surface area (Å²) in [6.45, 7) is 3.39. The van der Waals surface area contributed by atoms with Crippen molar-refractivity contribution in [2.45, 2.75) is 27.1 Å². The van der Waals surface area contributed by atoms with Crippen LogP contribution >= 0.6 is 11.3 Å². The molecule has 1 N–H and O–H groups in total. The summed E-state index contributed by atoms with van der Waals surface area (Å²) in [4.78, 5) is 5.28. The van der Waals surface area contributed by atoms with Gasteiger partial charge in [-0.25, -0.2) is 13.8 Å². The topological polar surface area (TPSA) is 42.4 Å². The van der Waals surface area contributed by atoms with Crippen LogP contribution in [0.1, 0.15) is 21.1 Å². The lowest BCUT2D eigenvalue weighted by Gasteiger charge is -2.08. The quantitative estimate of drug-likeness (QED) is 0.938. The van der Waals surface area contributed by atoms with Crippen LogP contribution in [0, 0.1) is 25.5 Å². The molecule has 0 spiro atoms. The van der Waals surface area contributed by atoms with E-state index in [1.807, 2.05) is 13.8 Å². The molecule has 0 fully saturated rings. The van der Waals surface area contributed by atoms with Gasteiger partial charge in [0.15, 0.2) is 17.4 Å². The third-order valence-corrected chi connectivity index (χ3v) is 3.70. The van der Waals surface area contributed by atoms with Crippen molar-refractivity contribution in [3.8, 4) is 5.75 Å². The summed E-state index contributed by atoms with van der Waals surface area (Å²) in [6.07, 6.45) is 0. The summed E-state index contributed by atoms with van der Waals surface area (Å²) in [5.41, 5.74) is 1.06. The van der Waals surface area contributed by atoms with E-state index in [9.17, 15) is 8.78 Å². The van der Waals surface area contributed by atoms with E-state index in [1.54, 1.807) is 0 Å². The summed E-state index contributed by atoms with van der Waals surface area (Å²) in [5.74, 6) is -2.09. The predicted octanol–water partition coefficient (Wildman–Crippen LogP) is 3.11. The monoisotopic (exact) mass is 285 g/mol. The molecule has 0 aliphatic rings. The molecule has 0 radical (unpaired) electrons. The van der Waals surface area contributed by atoms with Crippen molar-refractivity contribution >= 4 is 11.3 Å². The van der Waals surface area contributed by atoms with Crippen LogP contribution in [0.4, 0.5) is 8.78 Å². The Bertz CT molecular complexity index is 556. The van der Waals surface area contributed by atoms with E-state index >= 15 is 0 Å². The molecule has 19 heavy (non-hydrogen) atoms. The average molecular weight is 285 g/mol. The number of aryl methyl sites for hydroxylation is 2. The van der Waals surface area contributed by atoms with Crippen LogP contribution in [0.5, 0.6) is 5.75 Å². The minimum Gasteiger partial charge on any atom is -0.480 e. The fraction of sp³-hybridized carbons (Fsp3) is 0.308. The molecule has 1 aromatic heterocycles. The molecule has 0 bridgehead atoms. The Hall–Kier alpha value is -1.53. The molecule has 0 atom stereocenters. The van der Waals surface area contributed by atoms with E-state index in [0.29, 0.717) is 5.01 Å². The van der Waals surface area contributed by atoms with E-state index in [0.717, 1.165) is 22.7 Å². The molecule has 0 unspecified atom stereocenters. The highest BCUT2D eigenvalue weighted by atomic mass is 32.1. The van der Waals surface area contributed by atoms with Crippen molar-refractivity contribution < 1.29 is 18.6 Å². The van der Waals surface area contributed by atoms with Gasteiger partial charge in [0, 0.05) is 4.88 Å². The second-order valence-electron chi connectivity index (χ2n) is 4.08. The van der Waals surface area contributed by atoms with Crippen LogP contribution in [-0.4, -0.2) is 10.1 Å². The Morgan fingerprint density at radius 3 is 2.37 bits per heavy atom. The standard InChI is InChI=1S/C13H13F2NO2S/c1-7-8(2)19-12(16-7)6-18-13-10(14)3-9(5-17)4-11(13)15/h3-4,17H,5-6H2,1-2H3. The minimum absolute atomic E-state index is 0.0195. The lowest BCUT2D eigenvalue weighted by Crippen LogP contribution is -2.01. The number of ether oxygens (including phenoxy) is 1. The van der Waals surface area contributed by atoms with Crippen LogP contribution in [0.25, 0.3) is 0 Å². The molecule has 6 heteroatoms. The van der Waals surface area contributed by atoms with Gasteiger partial charge in [-0.1, -0.05) is 0 Å². The van der Waals surface area contributed by atoms with E-state index < -0.39 is 24.0 Å². The lowest BCUT2D eigenvalue weighted by molar-refractivity contribution is 0.266. The number of aromatic nitrogens is 1. The molecule has 2 aromatic rings. The summed E-state index contributed by atoms with van der Waals surface area (Å²) in [5, 5.41) is 9.50. The summed E-state index contributed by atoms with van der Waals surface area (Å²) in [7, 11) is 0. The second-order valence-corrected chi connectivity index (χ2v) is 5.37. The third kappa shape index (κ3) is 3.08.